The van der Waals surface area contributed by atoms with Crippen LogP contribution in [-0.4, -0.2) is 25.7 Å². The van der Waals surface area contributed by atoms with E-state index in [1.54, 1.807) is 26.2 Å². The van der Waals surface area contributed by atoms with Crippen molar-refractivity contribution in [2.75, 3.05) is 13.7 Å². The molecule has 0 saturated carbocycles. The van der Waals surface area contributed by atoms with Gasteiger partial charge in [-0.1, -0.05) is 35.9 Å². The van der Waals surface area contributed by atoms with E-state index in [4.69, 9.17) is 21.1 Å². The summed E-state index contributed by atoms with van der Waals surface area (Å²) in [7, 11) is 1.59. The summed E-state index contributed by atoms with van der Waals surface area (Å²) < 4.78 is 10.8. The van der Waals surface area contributed by atoms with Gasteiger partial charge >= 0.3 is 0 Å². The van der Waals surface area contributed by atoms with Gasteiger partial charge in [0.2, 0.25) is 0 Å². The minimum Gasteiger partial charge on any atom is -0.497 e. The van der Waals surface area contributed by atoms with Gasteiger partial charge in [0, 0.05) is 17.6 Å². The van der Waals surface area contributed by atoms with Gasteiger partial charge in [0.05, 0.1) is 7.11 Å². The normalized spacial score (nSPS) is 11.6. The topological polar surface area (TPSA) is 47.6 Å². The van der Waals surface area contributed by atoms with E-state index in [0.717, 1.165) is 23.4 Å². The summed E-state index contributed by atoms with van der Waals surface area (Å²) >= 11 is 6.11. The van der Waals surface area contributed by atoms with E-state index in [-0.39, 0.29) is 5.91 Å². The fraction of sp³-hybridized carbons (Fsp3) is 0.316. The summed E-state index contributed by atoms with van der Waals surface area (Å²) in [6.45, 7) is 2.30. The maximum atomic E-state index is 12.1. The highest BCUT2D eigenvalue weighted by Crippen LogP contribution is 2.20. The zero-order valence-corrected chi connectivity index (χ0v) is 14.7. The smallest absolute Gasteiger partial charge is 0.260 e. The van der Waals surface area contributed by atoms with Crippen molar-refractivity contribution in [1.82, 2.24) is 5.32 Å². The standard InChI is InChI=1S/C19H22ClNO3/c1-14(24-17-10-5-9-16(13-17)23-2)19(22)21-12-6-8-15-7-3-4-11-18(15)20/h3-5,7,9-11,13-14H,6,8,12H2,1-2H3,(H,21,22)/t14-/m0/s1. The Kier molecular flexibility index (Phi) is 6.94. The zero-order valence-electron chi connectivity index (χ0n) is 13.9. The SMILES string of the molecule is COc1cccc(O[C@@H](C)C(=O)NCCCc2ccccc2Cl)c1. The first-order valence-electron chi connectivity index (χ1n) is 7.92. The Labute approximate surface area is 147 Å². The molecule has 2 rings (SSSR count). The fourth-order valence-electron chi connectivity index (χ4n) is 2.27. The lowest BCUT2D eigenvalue weighted by Gasteiger charge is -2.15. The molecule has 0 aliphatic carbocycles. The summed E-state index contributed by atoms with van der Waals surface area (Å²) in [6, 6.07) is 14.9. The molecule has 0 aromatic heterocycles. The van der Waals surface area contributed by atoms with Crippen molar-refractivity contribution < 1.29 is 14.3 Å². The van der Waals surface area contributed by atoms with Gasteiger partial charge in [-0.25, -0.2) is 0 Å². The molecule has 0 radical (unpaired) electrons. The third-order valence-corrected chi connectivity index (χ3v) is 3.97. The molecule has 0 aliphatic rings. The summed E-state index contributed by atoms with van der Waals surface area (Å²) in [4.78, 5) is 12.1. The van der Waals surface area contributed by atoms with E-state index in [9.17, 15) is 4.79 Å². The summed E-state index contributed by atoms with van der Waals surface area (Å²) in [5, 5.41) is 3.65. The molecule has 0 unspecified atom stereocenters. The van der Waals surface area contributed by atoms with Crippen LogP contribution in [0.4, 0.5) is 0 Å². The number of carbonyl (C=O) groups is 1. The molecule has 2 aromatic rings. The second-order valence-electron chi connectivity index (χ2n) is 5.43. The van der Waals surface area contributed by atoms with Crippen molar-refractivity contribution in [3.63, 3.8) is 0 Å². The van der Waals surface area contributed by atoms with Crippen LogP contribution >= 0.6 is 11.6 Å². The minimum absolute atomic E-state index is 0.142. The summed E-state index contributed by atoms with van der Waals surface area (Å²) in [5.41, 5.74) is 1.09. The average molecular weight is 348 g/mol. The summed E-state index contributed by atoms with van der Waals surface area (Å²) in [5.74, 6) is 1.16. The lowest BCUT2D eigenvalue weighted by Crippen LogP contribution is -2.36. The third kappa shape index (κ3) is 5.46. The molecule has 1 N–H and O–H groups in total. The van der Waals surface area contributed by atoms with Crippen molar-refractivity contribution in [1.29, 1.82) is 0 Å². The highest BCUT2D eigenvalue weighted by atomic mass is 35.5. The maximum Gasteiger partial charge on any atom is 0.260 e. The zero-order chi connectivity index (χ0) is 17.4. The molecule has 0 bridgehead atoms. The number of methoxy groups -OCH3 is 1. The largest absolute Gasteiger partial charge is 0.497 e. The molecule has 0 fully saturated rings. The Hall–Kier alpha value is -2.20. The lowest BCUT2D eigenvalue weighted by molar-refractivity contribution is -0.127. The van der Waals surface area contributed by atoms with Gasteiger partial charge in [-0.3, -0.25) is 4.79 Å². The summed E-state index contributed by atoms with van der Waals surface area (Å²) in [6.07, 6.45) is 1.07. The van der Waals surface area contributed by atoms with Crippen LogP contribution in [0.3, 0.4) is 0 Å². The second-order valence-corrected chi connectivity index (χ2v) is 5.83. The lowest BCUT2D eigenvalue weighted by atomic mass is 10.1. The van der Waals surface area contributed by atoms with Crippen LogP contribution in [0.15, 0.2) is 48.5 Å². The highest BCUT2D eigenvalue weighted by molar-refractivity contribution is 6.31. The minimum atomic E-state index is -0.572. The number of carbonyl (C=O) groups excluding carboxylic acids is 1. The van der Waals surface area contributed by atoms with Crippen LogP contribution in [0, 0.1) is 0 Å². The Balaban J connectivity index is 1.74. The van der Waals surface area contributed by atoms with E-state index >= 15 is 0 Å². The number of hydrogen-bond donors (Lipinski definition) is 1. The van der Waals surface area contributed by atoms with Gasteiger partial charge in [-0.15, -0.1) is 0 Å². The Morgan fingerprint density at radius 1 is 1.17 bits per heavy atom. The molecule has 4 nitrogen and oxygen atoms in total. The van der Waals surface area contributed by atoms with Gasteiger partial charge in [-0.2, -0.15) is 0 Å². The Morgan fingerprint density at radius 2 is 1.92 bits per heavy atom. The van der Waals surface area contributed by atoms with E-state index in [0.29, 0.717) is 18.0 Å². The number of aryl methyl sites for hydroxylation is 1. The number of halogens is 1. The second kappa shape index (κ2) is 9.18. The highest BCUT2D eigenvalue weighted by Gasteiger charge is 2.14. The van der Waals surface area contributed by atoms with Gasteiger partial charge in [0.25, 0.3) is 5.91 Å². The predicted octanol–water partition coefficient (Wildman–Crippen LogP) is 3.86. The first kappa shape index (κ1) is 18.1. The van der Waals surface area contributed by atoms with Crippen LogP contribution in [0.5, 0.6) is 11.5 Å². The number of rotatable bonds is 8. The van der Waals surface area contributed by atoms with Crippen LogP contribution in [0.1, 0.15) is 18.9 Å². The van der Waals surface area contributed by atoms with Gasteiger partial charge < -0.3 is 14.8 Å². The molecular weight excluding hydrogens is 326 g/mol. The van der Waals surface area contributed by atoms with Crippen LogP contribution < -0.4 is 14.8 Å². The first-order valence-corrected chi connectivity index (χ1v) is 8.30. The molecule has 24 heavy (non-hydrogen) atoms. The van der Waals surface area contributed by atoms with Crippen LogP contribution in [-0.2, 0) is 11.2 Å². The average Bonchev–Trinajstić information content (AvgIpc) is 2.60. The van der Waals surface area contributed by atoms with Crippen LogP contribution in [0.2, 0.25) is 5.02 Å². The van der Waals surface area contributed by atoms with Crippen molar-refractivity contribution in [2.45, 2.75) is 25.9 Å². The number of ether oxygens (including phenoxy) is 2. The quantitative estimate of drug-likeness (QED) is 0.737. The van der Waals surface area contributed by atoms with E-state index in [2.05, 4.69) is 5.32 Å². The first-order chi connectivity index (χ1) is 11.6. The molecule has 5 heteroatoms. The van der Waals surface area contributed by atoms with Crippen molar-refractivity contribution in [3.8, 4) is 11.5 Å². The van der Waals surface area contributed by atoms with Crippen molar-refractivity contribution in [3.05, 3.63) is 59.1 Å². The molecule has 0 saturated heterocycles. The number of nitrogens with one attached hydrogen (secondary N) is 1. The van der Waals surface area contributed by atoms with E-state index in [1.165, 1.54) is 0 Å². The molecule has 1 amide bonds. The molecule has 1 atom stereocenters. The predicted molar refractivity (Wildman–Crippen MR) is 95.9 cm³/mol. The van der Waals surface area contributed by atoms with Crippen LogP contribution in [0.25, 0.3) is 0 Å². The van der Waals surface area contributed by atoms with E-state index < -0.39 is 6.10 Å². The molecular formula is C19H22ClNO3. The number of hydrogen-bond acceptors (Lipinski definition) is 3. The molecule has 2 aromatic carbocycles. The molecule has 128 valence electrons. The monoisotopic (exact) mass is 347 g/mol. The Morgan fingerprint density at radius 3 is 2.67 bits per heavy atom. The van der Waals surface area contributed by atoms with Gasteiger partial charge in [-0.05, 0) is 43.5 Å². The number of amides is 1. The third-order valence-electron chi connectivity index (χ3n) is 3.60. The molecule has 0 heterocycles. The maximum absolute atomic E-state index is 12.1. The number of benzene rings is 2. The Bertz CT molecular complexity index is 675. The fourth-order valence-corrected chi connectivity index (χ4v) is 2.50. The molecule has 0 spiro atoms. The van der Waals surface area contributed by atoms with E-state index in [1.807, 2.05) is 36.4 Å². The van der Waals surface area contributed by atoms with Gasteiger partial charge in [0.1, 0.15) is 11.5 Å². The van der Waals surface area contributed by atoms with Crippen molar-refractivity contribution in [2.24, 2.45) is 0 Å². The van der Waals surface area contributed by atoms with Crippen molar-refractivity contribution >= 4 is 17.5 Å². The molecule has 0 aliphatic heterocycles. The van der Waals surface area contributed by atoms with Gasteiger partial charge in [0.15, 0.2) is 6.10 Å².